The van der Waals surface area contributed by atoms with Crippen molar-refractivity contribution in [2.75, 3.05) is 11.4 Å². The van der Waals surface area contributed by atoms with Crippen molar-refractivity contribution in [2.24, 2.45) is 0 Å². The second-order valence-electron chi connectivity index (χ2n) is 7.99. The highest BCUT2D eigenvalue weighted by Crippen LogP contribution is 2.28. The third kappa shape index (κ3) is 4.13. The molecule has 1 N–H and O–H groups in total. The topological polar surface area (TPSA) is 79.4 Å². The molecule has 0 spiro atoms. The van der Waals surface area contributed by atoms with Gasteiger partial charge >= 0.3 is 0 Å². The van der Waals surface area contributed by atoms with Crippen molar-refractivity contribution < 1.29 is 14.4 Å². The Morgan fingerprint density at radius 2 is 1.56 bits per heavy atom. The second kappa shape index (κ2) is 9.03. The van der Waals surface area contributed by atoms with Crippen LogP contribution < -0.4 is 10.2 Å². The number of carbonyl (C=O) groups excluding carboxylic acids is 3. The van der Waals surface area contributed by atoms with Gasteiger partial charge in [-0.1, -0.05) is 36.4 Å². The van der Waals surface area contributed by atoms with E-state index in [1.807, 2.05) is 36.6 Å². The van der Waals surface area contributed by atoms with Crippen LogP contribution in [-0.4, -0.2) is 29.3 Å². The van der Waals surface area contributed by atoms with Crippen LogP contribution in [0.3, 0.4) is 0 Å². The average molecular weight is 468 g/mol. The molecule has 5 rings (SSSR count). The van der Waals surface area contributed by atoms with Crippen LogP contribution in [-0.2, 0) is 6.42 Å². The smallest absolute Gasteiger partial charge is 0.266 e. The number of carbonyl (C=O) groups is 3. The maximum Gasteiger partial charge on any atom is 0.266 e. The zero-order valence-electron chi connectivity index (χ0n) is 18.4. The molecule has 1 aliphatic rings. The van der Waals surface area contributed by atoms with E-state index in [1.165, 1.54) is 0 Å². The maximum atomic E-state index is 12.6. The molecule has 4 aromatic rings. The molecule has 7 heteroatoms. The molecular formula is C27H21N3O3S. The lowest BCUT2D eigenvalue weighted by Gasteiger charge is -2.14. The Labute approximate surface area is 200 Å². The third-order valence-electron chi connectivity index (χ3n) is 5.75. The fourth-order valence-corrected chi connectivity index (χ4v) is 4.57. The van der Waals surface area contributed by atoms with Crippen molar-refractivity contribution in [1.29, 1.82) is 0 Å². The Bertz CT molecular complexity index is 1360. The second-order valence-corrected chi connectivity index (χ2v) is 9.05. The maximum absolute atomic E-state index is 12.6. The number of rotatable bonds is 6. The fourth-order valence-electron chi connectivity index (χ4n) is 3.95. The highest BCUT2D eigenvalue weighted by atomic mass is 32.1. The van der Waals surface area contributed by atoms with Crippen LogP contribution in [0.2, 0.25) is 0 Å². The Hall–Kier alpha value is -4.10. The molecule has 3 aromatic carbocycles. The zero-order valence-corrected chi connectivity index (χ0v) is 19.3. The van der Waals surface area contributed by atoms with E-state index < -0.39 is 0 Å². The van der Waals surface area contributed by atoms with Gasteiger partial charge in [0.25, 0.3) is 17.7 Å². The molecule has 6 nitrogen and oxygen atoms in total. The first-order chi connectivity index (χ1) is 16.5. The summed E-state index contributed by atoms with van der Waals surface area (Å²) < 4.78 is 0. The van der Waals surface area contributed by atoms with E-state index in [0.29, 0.717) is 35.3 Å². The van der Waals surface area contributed by atoms with E-state index >= 15 is 0 Å². The summed E-state index contributed by atoms with van der Waals surface area (Å²) in [5.41, 5.74) is 4.88. The van der Waals surface area contributed by atoms with E-state index in [0.717, 1.165) is 26.7 Å². The average Bonchev–Trinajstić information content (AvgIpc) is 3.41. The van der Waals surface area contributed by atoms with Crippen LogP contribution in [0, 0.1) is 6.92 Å². The van der Waals surface area contributed by atoms with Crippen LogP contribution >= 0.6 is 11.3 Å². The Kier molecular flexibility index (Phi) is 5.77. The van der Waals surface area contributed by atoms with Gasteiger partial charge in [0.15, 0.2) is 0 Å². The van der Waals surface area contributed by atoms with E-state index in [1.54, 1.807) is 59.9 Å². The van der Waals surface area contributed by atoms with E-state index in [-0.39, 0.29) is 17.7 Å². The number of thiazole rings is 1. The standard InChI is InChI=1S/C27H21N3O3S/c1-17-29-24(16-34-17)19-8-6-18(7-9-19)14-15-28-25(31)20-10-12-21(13-11-20)30-26(32)22-4-2-3-5-23(22)27(30)33/h2-13,16H,14-15H2,1H3,(H,28,31). The van der Waals surface area contributed by atoms with Crippen LogP contribution in [0.1, 0.15) is 41.6 Å². The number of amides is 3. The minimum Gasteiger partial charge on any atom is -0.352 e. The molecule has 0 saturated carbocycles. The zero-order chi connectivity index (χ0) is 23.7. The van der Waals surface area contributed by atoms with Crippen molar-refractivity contribution in [3.8, 4) is 11.3 Å². The summed E-state index contributed by atoms with van der Waals surface area (Å²) in [6.45, 7) is 2.48. The van der Waals surface area contributed by atoms with Crippen molar-refractivity contribution in [1.82, 2.24) is 10.3 Å². The molecule has 1 aromatic heterocycles. The molecule has 0 aliphatic carbocycles. The van der Waals surface area contributed by atoms with Gasteiger partial charge in [0.2, 0.25) is 0 Å². The predicted molar refractivity (Wildman–Crippen MR) is 132 cm³/mol. The van der Waals surface area contributed by atoms with E-state index in [4.69, 9.17) is 0 Å². The summed E-state index contributed by atoms with van der Waals surface area (Å²) in [5, 5.41) is 6.01. The molecular weight excluding hydrogens is 446 g/mol. The number of aryl methyl sites for hydroxylation is 1. The summed E-state index contributed by atoms with van der Waals surface area (Å²) in [6, 6.07) is 21.4. The number of imide groups is 1. The lowest BCUT2D eigenvalue weighted by molar-refractivity contribution is 0.0923. The number of benzene rings is 3. The van der Waals surface area contributed by atoms with Crippen LogP contribution in [0.25, 0.3) is 11.3 Å². The summed E-state index contributed by atoms with van der Waals surface area (Å²) >= 11 is 1.63. The third-order valence-corrected chi connectivity index (χ3v) is 6.52. The quantitative estimate of drug-likeness (QED) is 0.410. The molecule has 0 fully saturated rings. The van der Waals surface area contributed by atoms with Crippen molar-refractivity contribution >= 4 is 34.7 Å². The van der Waals surface area contributed by atoms with Crippen molar-refractivity contribution in [2.45, 2.75) is 13.3 Å². The van der Waals surface area contributed by atoms with Gasteiger partial charge in [-0.2, -0.15) is 0 Å². The number of hydrogen-bond acceptors (Lipinski definition) is 5. The van der Waals surface area contributed by atoms with Gasteiger partial charge in [0, 0.05) is 23.1 Å². The molecule has 34 heavy (non-hydrogen) atoms. The molecule has 168 valence electrons. The molecule has 0 saturated heterocycles. The Morgan fingerprint density at radius 1 is 0.912 bits per heavy atom. The molecule has 0 atom stereocenters. The van der Waals surface area contributed by atoms with Gasteiger partial charge in [-0.25, -0.2) is 9.88 Å². The number of nitrogens with one attached hydrogen (secondary N) is 1. The normalized spacial score (nSPS) is 12.7. The summed E-state index contributed by atoms with van der Waals surface area (Å²) in [7, 11) is 0. The molecule has 1 aliphatic heterocycles. The van der Waals surface area contributed by atoms with Crippen LogP contribution in [0.4, 0.5) is 5.69 Å². The number of anilines is 1. The summed E-state index contributed by atoms with van der Waals surface area (Å²) in [4.78, 5) is 43.4. The highest BCUT2D eigenvalue weighted by molar-refractivity contribution is 7.09. The number of nitrogens with zero attached hydrogens (tertiary/aromatic N) is 2. The Balaban J connectivity index is 1.18. The van der Waals surface area contributed by atoms with Crippen LogP contribution in [0.5, 0.6) is 0 Å². The first-order valence-electron chi connectivity index (χ1n) is 10.9. The highest BCUT2D eigenvalue weighted by Gasteiger charge is 2.36. The fraction of sp³-hybridized carbons (Fsp3) is 0.111. The number of aromatic nitrogens is 1. The van der Waals surface area contributed by atoms with Gasteiger partial charge < -0.3 is 5.32 Å². The van der Waals surface area contributed by atoms with Gasteiger partial charge in [0.1, 0.15) is 0 Å². The van der Waals surface area contributed by atoms with Gasteiger partial charge in [0.05, 0.1) is 27.5 Å². The van der Waals surface area contributed by atoms with Gasteiger partial charge in [-0.15, -0.1) is 11.3 Å². The monoisotopic (exact) mass is 467 g/mol. The molecule has 0 bridgehead atoms. The minimum atomic E-state index is -0.353. The first kappa shape index (κ1) is 21.7. The minimum absolute atomic E-state index is 0.205. The van der Waals surface area contributed by atoms with Gasteiger partial charge in [-0.3, -0.25) is 14.4 Å². The molecule has 3 amide bonds. The molecule has 0 unspecified atom stereocenters. The molecule has 2 heterocycles. The lowest BCUT2D eigenvalue weighted by Crippen LogP contribution is -2.29. The van der Waals surface area contributed by atoms with Crippen LogP contribution in [0.15, 0.2) is 78.2 Å². The number of fused-ring (bicyclic) bond motifs is 1. The van der Waals surface area contributed by atoms with Crippen molar-refractivity contribution in [3.05, 3.63) is 105 Å². The largest absolute Gasteiger partial charge is 0.352 e. The van der Waals surface area contributed by atoms with Crippen molar-refractivity contribution in [3.63, 3.8) is 0 Å². The summed E-state index contributed by atoms with van der Waals surface area (Å²) in [5.74, 6) is -0.911. The predicted octanol–water partition coefficient (Wildman–Crippen LogP) is 4.89. The number of hydrogen-bond donors (Lipinski definition) is 1. The first-order valence-corrected chi connectivity index (χ1v) is 11.8. The lowest BCUT2D eigenvalue weighted by atomic mass is 10.1. The van der Waals surface area contributed by atoms with Gasteiger partial charge in [-0.05, 0) is 55.3 Å². The Morgan fingerprint density at radius 3 is 2.15 bits per heavy atom. The summed E-state index contributed by atoms with van der Waals surface area (Å²) in [6.07, 6.45) is 0.704. The van der Waals surface area contributed by atoms with E-state index in [2.05, 4.69) is 10.3 Å². The van der Waals surface area contributed by atoms with E-state index in [9.17, 15) is 14.4 Å². The SMILES string of the molecule is Cc1nc(-c2ccc(CCNC(=O)c3ccc(N4C(=O)c5ccccc5C4=O)cc3)cc2)cs1. The molecule has 0 radical (unpaired) electrons.